The van der Waals surface area contributed by atoms with Crippen LogP contribution in [0.1, 0.15) is 0 Å². The largest absolute Gasteiger partial charge is 0.468 e. The fourth-order valence-corrected chi connectivity index (χ4v) is 2.22. The first-order valence-corrected chi connectivity index (χ1v) is 6.41. The van der Waals surface area contributed by atoms with Gasteiger partial charge in [0.2, 0.25) is 5.16 Å². The fourth-order valence-electron chi connectivity index (χ4n) is 1.38. The van der Waals surface area contributed by atoms with E-state index in [0.29, 0.717) is 0 Å². The van der Waals surface area contributed by atoms with Crippen LogP contribution in [0.5, 0.6) is 0 Å². The van der Waals surface area contributed by atoms with Crippen molar-refractivity contribution >= 4 is 17.7 Å². The van der Waals surface area contributed by atoms with Crippen molar-refractivity contribution < 1.29 is 9.53 Å². The molecular formula is C9H11N7O4S. The van der Waals surface area contributed by atoms with Crippen molar-refractivity contribution in [2.45, 2.75) is 16.7 Å². The molecule has 0 aliphatic heterocycles. The lowest BCUT2D eigenvalue weighted by atomic mass is 10.7. The minimum Gasteiger partial charge on any atom is -0.468 e. The first kappa shape index (κ1) is 14.9. The van der Waals surface area contributed by atoms with Gasteiger partial charge < -0.3 is 4.74 Å². The predicted octanol–water partition coefficient (Wildman–Crippen LogP) is -2.21. The molecule has 0 saturated heterocycles. The number of methoxy groups -OCH3 is 1. The zero-order chi connectivity index (χ0) is 15.6. The van der Waals surface area contributed by atoms with Crippen LogP contribution in [-0.2, 0) is 30.2 Å². The maximum absolute atomic E-state index is 12.0. The number of tetrazole rings is 1. The Morgan fingerprint density at radius 2 is 2.05 bits per heavy atom. The van der Waals surface area contributed by atoms with E-state index in [9.17, 15) is 14.4 Å². The van der Waals surface area contributed by atoms with Gasteiger partial charge in [-0.25, -0.2) is 14.2 Å². The highest BCUT2D eigenvalue weighted by atomic mass is 32.2. The highest BCUT2D eigenvalue weighted by Crippen LogP contribution is 2.19. The SMILES string of the molecule is COC(=O)Cn1nnnc1Sc1nn(C)c(=O)n(C)c1=O. The van der Waals surface area contributed by atoms with Gasteiger partial charge in [0, 0.05) is 14.1 Å². The van der Waals surface area contributed by atoms with E-state index in [1.54, 1.807) is 0 Å². The monoisotopic (exact) mass is 313 g/mol. The molecule has 0 amide bonds. The van der Waals surface area contributed by atoms with Gasteiger partial charge in [-0.3, -0.25) is 14.2 Å². The van der Waals surface area contributed by atoms with E-state index in [4.69, 9.17) is 0 Å². The fraction of sp³-hybridized carbons (Fsp3) is 0.444. The van der Waals surface area contributed by atoms with Crippen molar-refractivity contribution in [1.29, 1.82) is 0 Å². The normalized spacial score (nSPS) is 10.6. The quantitative estimate of drug-likeness (QED) is 0.577. The van der Waals surface area contributed by atoms with Crippen molar-refractivity contribution in [2.75, 3.05) is 7.11 Å². The number of hydrogen-bond donors (Lipinski definition) is 0. The highest BCUT2D eigenvalue weighted by molar-refractivity contribution is 7.99. The maximum atomic E-state index is 12.0. The summed E-state index contributed by atoms with van der Waals surface area (Å²) in [6, 6.07) is 0. The Morgan fingerprint density at radius 3 is 2.71 bits per heavy atom. The molecule has 0 bridgehead atoms. The average molecular weight is 313 g/mol. The summed E-state index contributed by atoms with van der Waals surface area (Å²) in [7, 11) is 4.00. The second-order valence-electron chi connectivity index (χ2n) is 3.87. The number of ether oxygens (including phenoxy) is 1. The number of carbonyl (C=O) groups excluding carboxylic acids is 1. The molecule has 11 nitrogen and oxygen atoms in total. The van der Waals surface area contributed by atoms with Gasteiger partial charge in [0.15, 0.2) is 5.03 Å². The van der Waals surface area contributed by atoms with Crippen LogP contribution in [0.25, 0.3) is 0 Å². The van der Waals surface area contributed by atoms with Gasteiger partial charge in [-0.05, 0) is 22.2 Å². The molecule has 0 N–H and O–H groups in total. The van der Waals surface area contributed by atoms with Gasteiger partial charge in [0.1, 0.15) is 6.54 Å². The molecule has 2 aromatic rings. The number of aromatic nitrogens is 7. The lowest BCUT2D eigenvalue weighted by molar-refractivity contribution is -0.141. The van der Waals surface area contributed by atoms with E-state index < -0.39 is 17.2 Å². The molecule has 21 heavy (non-hydrogen) atoms. The Labute approximate surface area is 121 Å². The molecule has 0 aromatic carbocycles. The van der Waals surface area contributed by atoms with Crippen LogP contribution in [0.15, 0.2) is 19.8 Å². The third-order valence-electron chi connectivity index (χ3n) is 2.49. The van der Waals surface area contributed by atoms with Crippen molar-refractivity contribution in [1.82, 2.24) is 34.6 Å². The standard InChI is InChI=1S/C9H11N7O4S/c1-14-7(18)6(11-15(2)9(14)19)21-8-10-12-13-16(8)4-5(17)20-3/h4H2,1-3H3. The summed E-state index contributed by atoms with van der Waals surface area (Å²) in [6.07, 6.45) is 0. The summed E-state index contributed by atoms with van der Waals surface area (Å²) in [5.74, 6) is -0.537. The van der Waals surface area contributed by atoms with Crippen LogP contribution in [0.4, 0.5) is 0 Å². The lowest BCUT2D eigenvalue weighted by Crippen LogP contribution is -2.39. The smallest absolute Gasteiger partial charge is 0.346 e. The van der Waals surface area contributed by atoms with Crippen molar-refractivity contribution in [3.05, 3.63) is 20.8 Å². The summed E-state index contributed by atoms with van der Waals surface area (Å²) < 4.78 is 7.63. The van der Waals surface area contributed by atoms with Gasteiger partial charge in [0.05, 0.1) is 7.11 Å². The molecule has 0 saturated carbocycles. The second kappa shape index (κ2) is 5.87. The van der Waals surface area contributed by atoms with Crippen LogP contribution in [-0.4, -0.2) is 47.6 Å². The molecule has 2 rings (SSSR count). The first-order chi connectivity index (χ1) is 9.93. The van der Waals surface area contributed by atoms with Crippen LogP contribution in [0.2, 0.25) is 0 Å². The van der Waals surface area contributed by atoms with Crippen molar-refractivity contribution in [2.24, 2.45) is 14.1 Å². The maximum Gasteiger partial charge on any atom is 0.346 e. The Hall–Kier alpha value is -2.50. The van der Waals surface area contributed by atoms with Crippen LogP contribution in [0, 0.1) is 0 Å². The predicted molar refractivity (Wildman–Crippen MR) is 68.7 cm³/mol. The summed E-state index contributed by atoms with van der Waals surface area (Å²) in [6.45, 7) is -0.197. The molecule has 0 radical (unpaired) electrons. The Morgan fingerprint density at radius 1 is 1.33 bits per heavy atom. The van der Waals surface area contributed by atoms with E-state index in [1.807, 2.05) is 0 Å². The molecule has 12 heteroatoms. The van der Waals surface area contributed by atoms with Gasteiger partial charge in [0.25, 0.3) is 5.56 Å². The first-order valence-electron chi connectivity index (χ1n) is 5.59. The van der Waals surface area contributed by atoms with E-state index in [-0.39, 0.29) is 16.7 Å². The molecule has 0 unspecified atom stereocenters. The summed E-state index contributed by atoms with van der Waals surface area (Å²) >= 11 is 0.852. The zero-order valence-electron chi connectivity index (χ0n) is 11.4. The molecule has 0 aliphatic rings. The minimum absolute atomic E-state index is 0.0144. The zero-order valence-corrected chi connectivity index (χ0v) is 12.2. The molecule has 112 valence electrons. The summed E-state index contributed by atoms with van der Waals surface area (Å²) in [5, 5.41) is 14.8. The second-order valence-corrected chi connectivity index (χ2v) is 4.83. The summed E-state index contributed by atoms with van der Waals surface area (Å²) in [5.41, 5.74) is -1.12. The molecule has 0 fully saturated rings. The number of carbonyl (C=O) groups is 1. The van der Waals surface area contributed by atoms with Crippen molar-refractivity contribution in [3.8, 4) is 0 Å². The van der Waals surface area contributed by atoms with Crippen LogP contribution < -0.4 is 11.2 Å². The topological polar surface area (TPSA) is 127 Å². The molecular weight excluding hydrogens is 302 g/mol. The van der Waals surface area contributed by atoms with Gasteiger partial charge >= 0.3 is 11.7 Å². The number of nitrogens with zero attached hydrogens (tertiary/aromatic N) is 7. The number of aryl methyl sites for hydroxylation is 1. The van der Waals surface area contributed by atoms with E-state index >= 15 is 0 Å². The molecule has 0 atom stereocenters. The molecule has 2 heterocycles. The number of hydrogen-bond acceptors (Lipinski definition) is 9. The van der Waals surface area contributed by atoms with E-state index in [1.165, 1.54) is 25.9 Å². The van der Waals surface area contributed by atoms with Crippen molar-refractivity contribution in [3.63, 3.8) is 0 Å². The number of rotatable bonds is 4. The Balaban J connectivity index is 2.36. The molecule has 0 spiro atoms. The number of esters is 1. The lowest BCUT2D eigenvalue weighted by Gasteiger charge is -2.05. The minimum atomic E-state index is -0.573. The van der Waals surface area contributed by atoms with E-state index in [0.717, 1.165) is 21.0 Å². The third kappa shape index (κ3) is 2.99. The summed E-state index contributed by atoms with van der Waals surface area (Å²) in [4.78, 5) is 34.7. The van der Waals surface area contributed by atoms with Crippen LogP contribution >= 0.6 is 11.8 Å². The van der Waals surface area contributed by atoms with E-state index in [2.05, 4.69) is 25.4 Å². The average Bonchev–Trinajstić information content (AvgIpc) is 2.89. The Kier molecular flexibility index (Phi) is 4.16. The van der Waals surface area contributed by atoms with Gasteiger partial charge in [-0.1, -0.05) is 0 Å². The molecule has 2 aromatic heterocycles. The third-order valence-corrected chi connectivity index (χ3v) is 3.41. The molecule has 0 aliphatic carbocycles. The van der Waals surface area contributed by atoms with Gasteiger partial charge in [-0.2, -0.15) is 5.10 Å². The van der Waals surface area contributed by atoms with Crippen LogP contribution in [0.3, 0.4) is 0 Å². The highest BCUT2D eigenvalue weighted by Gasteiger charge is 2.16. The Bertz CT molecular complexity index is 792. The van der Waals surface area contributed by atoms with Gasteiger partial charge in [-0.15, -0.1) is 5.10 Å².